The molecule has 3 heteroatoms. The highest BCUT2D eigenvalue weighted by molar-refractivity contribution is 7.10. The first kappa shape index (κ1) is 10.7. The van der Waals surface area contributed by atoms with Gasteiger partial charge in [0.25, 0.3) is 0 Å². The third-order valence-corrected chi connectivity index (χ3v) is 2.94. The fraction of sp³-hybridized carbons (Fsp3) is 0.600. The van der Waals surface area contributed by atoms with Crippen LogP contribution >= 0.6 is 11.3 Å². The molecule has 74 valence electrons. The second-order valence-electron chi connectivity index (χ2n) is 3.02. The molecule has 0 saturated heterocycles. The number of hydrogen-bond donors (Lipinski definition) is 1. The van der Waals surface area contributed by atoms with Crippen molar-refractivity contribution in [2.24, 2.45) is 5.73 Å². The van der Waals surface area contributed by atoms with Gasteiger partial charge >= 0.3 is 0 Å². The normalized spacial score (nSPS) is 13.2. The minimum atomic E-state index is 0.137. The Kier molecular flexibility index (Phi) is 4.42. The van der Waals surface area contributed by atoms with Gasteiger partial charge in [-0.25, -0.2) is 0 Å². The minimum Gasteiger partial charge on any atom is -0.382 e. The maximum Gasteiger partial charge on any atom is 0.0483 e. The lowest BCUT2D eigenvalue weighted by molar-refractivity contribution is 0.140. The molecule has 1 unspecified atom stereocenters. The van der Waals surface area contributed by atoms with Crippen molar-refractivity contribution < 1.29 is 4.74 Å². The van der Waals surface area contributed by atoms with Gasteiger partial charge in [0, 0.05) is 24.1 Å². The quantitative estimate of drug-likeness (QED) is 0.739. The standard InChI is InChI=1S/C10H17NOS/c1-3-12-6-4-10(11)9-5-7-13-8(9)2/h5,7,10H,3-4,6,11H2,1-2H3. The summed E-state index contributed by atoms with van der Waals surface area (Å²) in [5.41, 5.74) is 7.28. The summed E-state index contributed by atoms with van der Waals surface area (Å²) in [5, 5.41) is 2.09. The van der Waals surface area contributed by atoms with E-state index in [0.717, 1.165) is 19.6 Å². The van der Waals surface area contributed by atoms with E-state index in [2.05, 4.69) is 18.4 Å². The van der Waals surface area contributed by atoms with E-state index in [-0.39, 0.29) is 6.04 Å². The van der Waals surface area contributed by atoms with Crippen LogP contribution in [0.1, 0.15) is 29.8 Å². The van der Waals surface area contributed by atoms with Gasteiger partial charge in [0.1, 0.15) is 0 Å². The van der Waals surface area contributed by atoms with Gasteiger partial charge in [0.2, 0.25) is 0 Å². The third kappa shape index (κ3) is 3.10. The molecule has 0 saturated carbocycles. The SMILES string of the molecule is CCOCCC(N)c1ccsc1C. The van der Waals surface area contributed by atoms with Gasteiger partial charge in [0.15, 0.2) is 0 Å². The highest BCUT2D eigenvalue weighted by atomic mass is 32.1. The topological polar surface area (TPSA) is 35.2 Å². The molecule has 2 N–H and O–H groups in total. The second kappa shape index (κ2) is 5.37. The van der Waals surface area contributed by atoms with Crippen molar-refractivity contribution in [2.75, 3.05) is 13.2 Å². The summed E-state index contributed by atoms with van der Waals surface area (Å²) in [5.74, 6) is 0. The molecule has 2 nitrogen and oxygen atoms in total. The van der Waals surface area contributed by atoms with E-state index < -0.39 is 0 Å². The molecule has 0 radical (unpaired) electrons. The predicted molar refractivity (Wildman–Crippen MR) is 57.1 cm³/mol. The molecule has 13 heavy (non-hydrogen) atoms. The van der Waals surface area contributed by atoms with Crippen LogP contribution < -0.4 is 5.73 Å². The monoisotopic (exact) mass is 199 g/mol. The summed E-state index contributed by atoms with van der Waals surface area (Å²) in [6, 6.07) is 2.24. The first-order valence-corrected chi connectivity index (χ1v) is 5.51. The van der Waals surface area contributed by atoms with Crippen molar-refractivity contribution in [2.45, 2.75) is 26.3 Å². The van der Waals surface area contributed by atoms with Gasteiger partial charge in [-0.05, 0) is 37.3 Å². The molecule has 0 aliphatic heterocycles. The second-order valence-corrected chi connectivity index (χ2v) is 4.14. The van der Waals surface area contributed by atoms with Crippen molar-refractivity contribution >= 4 is 11.3 Å². The summed E-state index contributed by atoms with van der Waals surface area (Å²) in [6.07, 6.45) is 0.908. The number of thiophene rings is 1. The van der Waals surface area contributed by atoms with Gasteiger partial charge in [-0.1, -0.05) is 0 Å². The van der Waals surface area contributed by atoms with Crippen LogP contribution in [0.4, 0.5) is 0 Å². The summed E-state index contributed by atoms with van der Waals surface area (Å²) in [7, 11) is 0. The smallest absolute Gasteiger partial charge is 0.0483 e. The van der Waals surface area contributed by atoms with E-state index in [1.54, 1.807) is 11.3 Å². The number of rotatable bonds is 5. The summed E-state index contributed by atoms with van der Waals surface area (Å²) in [4.78, 5) is 1.32. The molecule has 1 aromatic heterocycles. The van der Waals surface area contributed by atoms with Gasteiger partial charge < -0.3 is 10.5 Å². The van der Waals surface area contributed by atoms with E-state index in [9.17, 15) is 0 Å². The third-order valence-electron chi connectivity index (χ3n) is 2.08. The Hall–Kier alpha value is -0.380. The lowest BCUT2D eigenvalue weighted by Gasteiger charge is -2.10. The fourth-order valence-electron chi connectivity index (χ4n) is 1.29. The Balaban J connectivity index is 2.39. The molecule has 1 rings (SSSR count). The van der Waals surface area contributed by atoms with Gasteiger partial charge in [0.05, 0.1) is 0 Å². The average molecular weight is 199 g/mol. The molecule has 0 aliphatic carbocycles. The molecule has 0 aromatic carbocycles. The number of aryl methyl sites for hydroxylation is 1. The molecular formula is C10H17NOS. The lowest BCUT2D eigenvalue weighted by Crippen LogP contribution is -2.13. The van der Waals surface area contributed by atoms with E-state index >= 15 is 0 Å². The van der Waals surface area contributed by atoms with E-state index in [0.29, 0.717) is 0 Å². The van der Waals surface area contributed by atoms with Crippen molar-refractivity contribution in [3.05, 3.63) is 21.9 Å². The van der Waals surface area contributed by atoms with E-state index in [1.165, 1.54) is 10.4 Å². The van der Waals surface area contributed by atoms with E-state index in [4.69, 9.17) is 10.5 Å². The summed E-state index contributed by atoms with van der Waals surface area (Å²) in [6.45, 7) is 5.64. The van der Waals surface area contributed by atoms with Crippen LogP contribution in [-0.4, -0.2) is 13.2 Å². The van der Waals surface area contributed by atoms with E-state index in [1.807, 2.05) is 6.92 Å². The van der Waals surface area contributed by atoms with Crippen molar-refractivity contribution in [1.29, 1.82) is 0 Å². The molecule has 0 amide bonds. The van der Waals surface area contributed by atoms with Crippen LogP contribution in [0, 0.1) is 6.92 Å². The maximum absolute atomic E-state index is 6.01. The zero-order chi connectivity index (χ0) is 9.68. The van der Waals surface area contributed by atoms with Crippen LogP contribution in [-0.2, 0) is 4.74 Å². The van der Waals surface area contributed by atoms with Crippen molar-refractivity contribution in [3.8, 4) is 0 Å². The van der Waals surface area contributed by atoms with Crippen LogP contribution in [0.15, 0.2) is 11.4 Å². The van der Waals surface area contributed by atoms with Crippen LogP contribution in [0.3, 0.4) is 0 Å². The fourth-order valence-corrected chi connectivity index (χ4v) is 2.06. The minimum absolute atomic E-state index is 0.137. The van der Waals surface area contributed by atoms with Gasteiger partial charge in [-0.3, -0.25) is 0 Å². The van der Waals surface area contributed by atoms with Crippen molar-refractivity contribution in [1.82, 2.24) is 0 Å². The zero-order valence-corrected chi connectivity index (χ0v) is 9.06. The lowest BCUT2D eigenvalue weighted by atomic mass is 10.1. The molecule has 1 heterocycles. The van der Waals surface area contributed by atoms with Gasteiger partial charge in [-0.2, -0.15) is 0 Å². The predicted octanol–water partition coefficient (Wildman–Crippen LogP) is 2.48. The molecule has 0 spiro atoms. The molecular weight excluding hydrogens is 182 g/mol. The molecule has 0 fully saturated rings. The van der Waals surface area contributed by atoms with Crippen molar-refractivity contribution in [3.63, 3.8) is 0 Å². The van der Waals surface area contributed by atoms with Gasteiger partial charge in [-0.15, -0.1) is 11.3 Å². The Morgan fingerprint density at radius 2 is 2.38 bits per heavy atom. The van der Waals surface area contributed by atoms with Crippen LogP contribution in [0.25, 0.3) is 0 Å². The Morgan fingerprint density at radius 3 is 2.92 bits per heavy atom. The Morgan fingerprint density at radius 1 is 1.62 bits per heavy atom. The Bertz CT molecular complexity index is 247. The maximum atomic E-state index is 6.01. The Labute approximate surface area is 83.7 Å². The molecule has 1 aromatic rings. The molecule has 1 atom stereocenters. The first-order valence-electron chi connectivity index (χ1n) is 4.63. The largest absolute Gasteiger partial charge is 0.382 e. The molecule has 0 bridgehead atoms. The first-order chi connectivity index (χ1) is 6.25. The van der Waals surface area contributed by atoms with Crippen LogP contribution in [0.5, 0.6) is 0 Å². The summed E-state index contributed by atoms with van der Waals surface area (Å²) >= 11 is 1.75. The zero-order valence-electron chi connectivity index (χ0n) is 8.25. The number of ether oxygens (including phenoxy) is 1. The summed E-state index contributed by atoms with van der Waals surface area (Å²) < 4.78 is 5.27. The van der Waals surface area contributed by atoms with Crippen LogP contribution in [0.2, 0.25) is 0 Å². The highest BCUT2D eigenvalue weighted by Crippen LogP contribution is 2.22. The highest BCUT2D eigenvalue weighted by Gasteiger charge is 2.08. The number of hydrogen-bond acceptors (Lipinski definition) is 3. The molecule has 0 aliphatic rings. The average Bonchev–Trinajstić information content (AvgIpc) is 2.52. The number of nitrogens with two attached hydrogens (primary N) is 1.